The van der Waals surface area contributed by atoms with Gasteiger partial charge >= 0.3 is 5.97 Å². The maximum atomic E-state index is 12.2. The number of ether oxygens (including phenoxy) is 1. The Morgan fingerprint density at radius 2 is 1.62 bits per heavy atom. The Morgan fingerprint density at radius 1 is 1.00 bits per heavy atom. The van der Waals surface area contributed by atoms with Crippen LogP contribution >= 0.6 is 0 Å². The number of rotatable bonds is 5. The lowest BCUT2D eigenvalue weighted by molar-refractivity contribution is -0.144. The van der Waals surface area contributed by atoms with Gasteiger partial charge in [0.2, 0.25) is 0 Å². The average molecular weight is 320 g/mol. The van der Waals surface area contributed by atoms with E-state index in [4.69, 9.17) is 4.74 Å². The van der Waals surface area contributed by atoms with Crippen LogP contribution in [-0.2, 0) is 22.6 Å². The van der Waals surface area contributed by atoms with Crippen molar-refractivity contribution in [2.75, 3.05) is 0 Å². The van der Waals surface area contributed by atoms with Crippen molar-refractivity contribution in [1.29, 1.82) is 0 Å². The third-order valence-electron chi connectivity index (χ3n) is 4.01. The van der Waals surface area contributed by atoms with Crippen LogP contribution in [0.3, 0.4) is 0 Å². The number of hydrogen-bond acceptors (Lipinski definition) is 3. The first-order valence-corrected chi connectivity index (χ1v) is 7.95. The zero-order chi connectivity index (χ0) is 16.9. The Balaban J connectivity index is 1.71. The molecule has 0 bridgehead atoms. The van der Waals surface area contributed by atoms with Crippen LogP contribution in [0.1, 0.15) is 22.5 Å². The lowest BCUT2D eigenvalue weighted by atomic mass is 10.1. The molecule has 0 atom stereocenters. The van der Waals surface area contributed by atoms with E-state index in [0.29, 0.717) is 6.61 Å². The summed E-state index contributed by atoms with van der Waals surface area (Å²) in [6.07, 6.45) is 0.233. The van der Waals surface area contributed by atoms with E-state index in [2.05, 4.69) is 5.10 Å². The minimum Gasteiger partial charge on any atom is -0.461 e. The largest absolute Gasteiger partial charge is 0.461 e. The van der Waals surface area contributed by atoms with E-state index in [-0.39, 0.29) is 12.4 Å². The van der Waals surface area contributed by atoms with Crippen molar-refractivity contribution >= 4 is 5.97 Å². The van der Waals surface area contributed by atoms with Crippen LogP contribution in [0, 0.1) is 13.8 Å². The number of aromatic nitrogens is 2. The minimum absolute atomic E-state index is 0.233. The molecule has 0 aliphatic heterocycles. The molecule has 1 aromatic heterocycles. The Labute approximate surface area is 141 Å². The molecule has 24 heavy (non-hydrogen) atoms. The average Bonchev–Trinajstić information content (AvgIpc) is 2.90. The third-order valence-corrected chi connectivity index (χ3v) is 4.01. The number of esters is 1. The van der Waals surface area contributed by atoms with Crippen LogP contribution < -0.4 is 0 Å². The lowest BCUT2D eigenvalue weighted by Crippen LogP contribution is -2.09. The van der Waals surface area contributed by atoms with Gasteiger partial charge in [-0.1, -0.05) is 48.5 Å². The van der Waals surface area contributed by atoms with Gasteiger partial charge in [-0.15, -0.1) is 0 Å². The molecule has 0 saturated carbocycles. The molecule has 0 aliphatic carbocycles. The topological polar surface area (TPSA) is 44.1 Å². The highest BCUT2D eigenvalue weighted by molar-refractivity contribution is 5.73. The molecule has 2 aromatic carbocycles. The quantitative estimate of drug-likeness (QED) is 0.672. The van der Waals surface area contributed by atoms with E-state index < -0.39 is 0 Å². The summed E-state index contributed by atoms with van der Waals surface area (Å²) in [5.74, 6) is -0.238. The number of hydrogen-bond donors (Lipinski definition) is 0. The first-order valence-electron chi connectivity index (χ1n) is 7.95. The number of para-hydroxylation sites is 1. The summed E-state index contributed by atoms with van der Waals surface area (Å²) < 4.78 is 7.25. The van der Waals surface area contributed by atoms with Gasteiger partial charge in [0.15, 0.2) is 0 Å². The number of nitrogens with zero attached hydrogens (tertiary/aromatic N) is 2. The molecule has 0 N–H and O–H groups in total. The second kappa shape index (κ2) is 7.13. The predicted molar refractivity (Wildman–Crippen MR) is 93.0 cm³/mol. The molecular weight excluding hydrogens is 300 g/mol. The molecule has 0 amide bonds. The molecule has 0 radical (unpaired) electrons. The second-order valence-electron chi connectivity index (χ2n) is 5.72. The van der Waals surface area contributed by atoms with Gasteiger partial charge in [0, 0.05) is 11.3 Å². The van der Waals surface area contributed by atoms with Crippen LogP contribution in [0.5, 0.6) is 0 Å². The summed E-state index contributed by atoms with van der Waals surface area (Å²) in [6, 6.07) is 19.6. The highest BCUT2D eigenvalue weighted by atomic mass is 16.5. The van der Waals surface area contributed by atoms with E-state index >= 15 is 0 Å². The van der Waals surface area contributed by atoms with Crippen LogP contribution in [-0.4, -0.2) is 15.7 Å². The summed E-state index contributed by atoms with van der Waals surface area (Å²) in [4.78, 5) is 12.2. The fourth-order valence-corrected chi connectivity index (χ4v) is 2.68. The van der Waals surface area contributed by atoms with E-state index in [0.717, 1.165) is 28.2 Å². The second-order valence-corrected chi connectivity index (χ2v) is 5.72. The molecule has 0 fully saturated rings. The van der Waals surface area contributed by atoms with Gasteiger partial charge in [-0.3, -0.25) is 4.79 Å². The van der Waals surface area contributed by atoms with Crippen molar-refractivity contribution in [3.8, 4) is 5.69 Å². The maximum Gasteiger partial charge on any atom is 0.310 e. The smallest absolute Gasteiger partial charge is 0.310 e. The van der Waals surface area contributed by atoms with Gasteiger partial charge in [-0.2, -0.15) is 5.10 Å². The van der Waals surface area contributed by atoms with E-state index in [1.165, 1.54) is 0 Å². The number of carbonyl (C=O) groups is 1. The summed E-state index contributed by atoms with van der Waals surface area (Å²) in [6.45, 7) is 4.20. The number of carbonyl (C=O) groups excluding carboxylic acids is 1. The zero-order valence-corrected chi connectivity index (χ0v) is 13.9. The van der Waals surface area contributed by atoms with Crippen LogP contribution in [0.25, 0.3) is 5.69 Å². The standard InChI is InChI=1S/C20H20N2O2/c1-15-19(13-20(23)24-14-17-9-5-3-6-10-17)16(2)22(21-15)18-11-7-4-8-12-18/h3-12H,13-14H2,1-2H3. The highest BCUT2D eigenvalue weighted by Gasteiger charge is 2.16. The van der Waals surface area contributed by atoms with E-state index in [9.17, 15) is 4.79 Å². The lowest BCUT2D eigenvalue weighted by Gasteiger charge is -2.06. The molecular formula is C20H20N2O2. The number of aryl methyl sites for hydroxylation is 1. The van der Waals surface area contributed by atoms with Crippen LogP contribution in [0.4, 0.5) is 0 Å². The minimum atomic E-state index is -0.238. The van der Waals surface area contributed by atoms with Crippen molar-refractivity contribution in [3.05, 3.63) is 83.2 Å². The van der Waals surface area contributed by atoms with Gasteiger partial charge in [0.25, 0.3) is 0 Å². The van der Waals surface area contributed by atoms with Crippen molar-refractivity contribution in [2.24, 2.45) is 0 Å². The van der Waals surface area contributed by atoms with Crippen molar-refractivity contribution in [1.82, 2.24) is 9.78 Å². The van der Waals surface area contributed by atoms with Crippen molar-refractivity contribution < 1.29 is 9.53 Å². The maximum absolute atomic E-state index is 12.2. The summed E-state index contributed by atoms with van der Waals surface area (Å²) in [5, 5.41) is 4.56. The monoisotopic (exact) mass is 320 g/mol. The van der Waals surface area contributed by atoms with Crippen LogP contribution in [0.15, 0.2) is 60.7 Å². The molecule has 3 aromatic rings. The fourth-order valence-electron chi connectivity index (χ4n) is 2.68. The van der Waals surface area contributed by atoms with Gasteiger partial charge in [0.1, 0.15) is 6.61 Å². The molecule has 122 valence electrons. The van der Waals surface area contributed by atoms with Crippen LogP contribution in [0.2, 0.25) is 0 Å². The molecule has 0 spiro atoms. The van der Waals surface area contributed by atoms with Crippen molar-refractivity contribution in [2.45, 2.75) is 26.9 Å². The number of benzene rings is 2. The Morgan fingerprint density at radius 3 is 2.29 bits per heavy atom. The molecule has 0 saturated heterocycles. The van der Waals surface area contributed by atoms with Gasteiger partial charge < -0.3 is 4.74 Å². The Kier molecular flexibility index (Phi) is 4.75. The molecule has 0 aliphatic rings. The molecule has 0 unspecified atom stereocenters. The fraction of sp³-hybridized carbons (Fsp3) is 0.200. The summed E-state index contributed by atoms with van der Waals surface area (Å²) in [5.41, 5.74) is 4.72. The normalized spacial score (nSPS) is 10.6. The molecule has 4 heteroatoms. The molecule has 3 rings (SSSR count). The zero-order valence-electron chi connectivity index (χ0n) is 13.9. The van der Waals surface area contributed by atoms with Crippen molar-refractivity contribution in [3.63, 3.8) is 0 Å². The summed E-state index contributed by atoms with van der Waals surface area (Å²) >= 11 is 0. The first-order chi connectivity index (χ1) is 11.6. The Hall–Kier alpha value is -2.88. The predicted octanol–water partition coefficient (Wildman–Crippen LogP) is 3.78. The van der Waals surface area contributed by atoms with Gasteiger partial charge in [0.05, 0.1) is 17.8 Å². The van der Waals surface area contributed by atoms with Gasteiger partial charge in [-0.25, -0.2) is 4.68 Å². The van der Waals surface area contributed by atoms with E-state index in [1.54, 1.807) is 0 Å². The SMILES string of the molecule is Cc1nn(-c2ccccc2)c(C)c1CC(=O)OCc1ccccc1. The van der Waals surface area contributed by atoms with Gasteiger partial charge in [-0.05, 0) is 31.5 Å². The molecule has 1 heterocycles. The third kappa shape index (κ3) is 3.54. The Bertz CT molecular complexity index is 824. The first kappa shape index (κ1) is 16.0. The molecule has 4 nitrogen and oxygen atoms in total. The highest BCUT2D eigenvalue weighted by Crippen LogP contribution is 2.19. The summed E-state index contributed by atoms with van der Waals surface area (Å²) in [7, 11) is 0. The van der Waals surface area contributed by atoms with E-state index in [1.807, 2.05) is 79.2 Å².